The number of thiazole rings is 1. The highest BCUT2D eigenvalue weighted by Crippen LogP contribution is 2.31. The second-order valence-electron chi connectivity index (χ2n) is 7.32. The molecule has 1 amide bonds. The number of carbonyl (C=O) groups is 2. The number of hydrogen-bond acceptors (Lipinski definition) is 7. The Balaban J connectivity index is 1.24. The first-order valence-corrected chi connectivity index (χ1v) is 11.9. The number of aromatic nitrogens is 2. The zero-order valence-electron chi connectivity index (χ0n) is 17.8. The molecule has 174 valence electrons. The Morgan fingerprint density at radius 3 is 2.60 bits per heavy atom. The fraction of sp³-hybridized carbons (Fsp3) is 0.0400. The van der Waals surface area contributed by atoms with Crippen molar-refractivity contribution in [3.8, 4) is 22.7 Å². The highest BCUT2D eigenvalue weighted by atomic mass is 35.5. The number of rotatable bonds is 6. The van der Waals surface area contributed by atoms with E-state index in [0.29, 0.717) is 43.4 Å². The monoisotopic (exact) mass is 523 g/mol. The van der Waals surface area contributed by atoms with Crippen LogP contribution in [0.5, 0.6) is 0 Å². The van der Waals surface area contributed by atoms with Crippen LogP contribution in [0.4, 0.5) is 5.13 Å². The molecule has 10 heteroatoms. The van der Waals surface area contributed by atoms with E-state index in [0.717, 1.165) is 5.56 Å². The van der Waals surface area contributed by atoms with Crippen LogP contribution in [0, 0.1) is 0 Å². The van der Waals surface area contributed by atoms with Gasteiger partial charge in [-0.25, -0.2) is 14.8 Å². The van der Waals surface area contributed by atoms with E-state index in [1.54, 1.807) is 53.9 Å². The Bertz CT molecular complexity index is 1530. The van der Waals surface area contributed by atoms with Gasteiger partial charge in [0, 0.05) is 10.9 Å². The molecule has 5 aromatic rings. The highest BCUT2D eigenvalue weighted by molar-refractivity contribution is 7.14. The summed E-state index contributed by atoms with van der Waals surface area (Å²) in [5.74, 6) is -0.901. The van der Waals surface area contributed by atoms with Gasteiger partial charge in [-0.1, -0.05) is 53.5 Å². The lowest BCUT2D eigenvalue weighted by molar-refractivity contribution is -0.119. The molecule has 0 saturated carbocycles. The molecule has 0 aliphatic carbocycles. The summed E-state index contributed by atoms with van der Waals surface area (Å²) in [5.41, 5.74) is 3.39. The average Bonchev–Trinajstić information content (AvgIpc) is 3.51. The number of nitrogens with zero attached hydrogens (tertiary/aromatic N) is 2. The number of benzene rings is 3. The lowest BCUT2D eigenvalue weighted by Gasteiger charge is -2.07. The van der Waals surface area contributed by atoms with E-state index >= 15 is 0 Å². The summed E-state index contributed by atoms with van der Waals surface area (Å²) in [6.45, 7) is -0.484. The second kappa shape index (κ2) is 9.87. The van der Waals surface area contributed by atoms with Gasteiger partial charge in [0.05, 0.1) is 26.9 Å². The van der Waals surface area contributed by atoms with E-state index in [4.69, 9.17) is 32.4 Å². The van der Waals surface area contributed by atoms with Crippen molar-refractivity contribution in [2.75, 3.05) is 11.9 Å². The number of ether oxygens (including phenoxy) is 1. The summed E-state index contributed by atoms with van der Waals surface area (Å²) in [7, 11) is 0. The summed E-state index contributed by atoms with van der Waals surface area (Å²) < 4.78 is 11.0. The zero-order chi connectivity index (χ0) is 24.4. The predicted molar refractivity (Wildman–Crippen MR) is 136 cm³/mol. The van der Waals surface area contributed by atoms with Gasteiger partial charge in [0.15, 0.2) is 17.3 Å². The summed E-state index contributed by atoms with van der Waals surface area (Å²) in [6.07, 6.45) is 0. The minimum atomic E-state index is -0.673. The predicted octanol–water partition coefficient (Wildman–Crippen LogP) is 6.72. The standard InChI is InChI=1S/C25H15Cl2N3O4S/c26-17-10-9-14(11-18(17)27)20-13-35-25(29-20)30-22(31)12-33-24(32)16-6-2-1-5-15(16)23-28-19-7-3-4-8-21(19)34-23/h1-11,13H,12H2,(H,29,30,31). The van der Waals surface area contributed by atoms with Crippen molar-refractivity contribution in [2.45, 2.75) is 0 Å². The van der Waals surface area contributed by atoms with Crippen molar-refractivity contribution in [1.29, 1.82) is 0 Å². The molecule has 2 heterocycles. The molecule has 5 rings (SSSR count). The van der Waals surface area contributed by atoms with E-state index in [2.05, 4.69) is 15.3 Å². The molecule has 0 fully saturated rings. The maximum Gasteiger partial charge on any atom is 0.339 e. The highest BCUT2D eigenvalue weighted by Gasteiger charge is 2.19. The fourth-order valence-corrected chi connectivity index (χ4v) is 4.35. The number of esters is 1. The SMILES string of the molecule is O=C(COC(=O)c1ccccc1-c1nc2ccccc2o1)Nc1nc(-c2ccc(Cl)c(Cl)c2)cs1. The minimum Gasteiger partial charge on any atom is -0.452 e. The van der Waals surface area contributed by atoms with Crippen LogP contribution in [-0.4, -0.2) is 28.5 Å². The molecule has 0 spiro atoms. The van der Waals surface area contributed by atoms with Crippen molar-refractivity contribution >= 4 is 62.6 Å². The summed E-state index contributed by atoms with van der Waals surface area (Å²) in [5, 5.41) is 5.62. The lowest BCUT2D eigenvalue weighted by atomic mass is 10.1. The minimum absolute atomic E-state index is 0.239. The normalized spacial score (nSPS) is 10.9. The molecule has 0 aliphatic rings. The molecule has 0 radical (unpaired) electrons. The first-order valence-electron chi connectivity index (χ1n) is 10.3. The molecule has 0 atom stereocenters. The molecule has 7 nitrogen and oxygen atoms in total. The molecule has 3 aromatic carbocycles. The smallest absolute Gasteiger partial charge is 0.339 e. The van der Waals surface area contributed by atoms with Gasteiger partial charge in [-0.15, -0.1) is 11.3 Å². The number of anilines is 1. The molecule has 0 bridgehead atoms. The number of oxazole rings is 1. The topological polar surface area (TPSA) is 94.3 Å². The van der Waals surface area contributed by atoms with Crippen LogP contribution in [0.15, 0.2) is 76.5 Å². The van der Waals surface area contributed by atoms with Gasteiger partial charge >= 0.3 is 5.97 Å². The van der Waals surface area contributed by atoms with Crippen LogP contribution < -0.4 is 5.32 Å². The molecule has 2 aromatic heterocycles. The van der Waals surface area contributed by atoms with Crippen LogP contribution in [-0.2, 0) is 9.53 Å². The number of amides is 1. The molecular weight excluding hydrogens is 509 g/mol. The van der Waals surface area contributed by atoms with Gasteiger partial charge in [-0.3, -0.25) is 10.1 Å². The third-order valence-electron chi connectivity index (χ3n) is 4.97. The summed E-state index contributed by atoms with van der Waals surface area (Å²) >= 11 is 13.3. The maximum atomic E-state index is 12.8. The first kappa shape index (κ1) is 23.0. The Hall–Kier alpha value is -3.72. The molecular formula is C25H15Cl2N3O4S. The van der Waals surface area contributed by atoms with E-state index in [-0.39, 0.29) is 5.56 Å². The number of nitrogens with one attached hydrogen (secondary N) is 1. The van der Waals surface area contributed by atoms with Crippen LogP contribution in [0.2, 0.25) is 10.0 Å². The van der Waals surface area contributed by atoms with Gasteiger partial charge in [0.1, 0.15) is 5.52 Å². The van der Waals surface area contributed by atoms with Crippen LogP contribution in [0.3, 0.4) is 0 Å². The van der Waals surface area contributed by atoms with Crippen molar-refractivity contribution in [2.24, 2.45) is 0 Å². The van der Waals surface area contributed by atoms with Gasteiger partial charge in [0.2, 0.25) is 5.89 Å². The van der Waals surface area contributed by atoms with Gasteiger partial charge < -0.3 is 9.15 Å². The molecule has 0 unspecified atom stereocenters. The first-order chi connectivity index (χ1) is 17.0. The van der Waals surface area contributed by atoms with Crippen molar-refractivity contribution in [3.05, 3.63) is 87.7 Å². The molecule has 1 N–H and O–H groups in total. The van der Waals surface area contributed by atoms with Crippen molar-refractivity contribution in [3.63, 3.8) is 0 Å². The molecule has 0 saturated heterocycles. The molecule has 35 heavy (non-hydrogen) atoms. The van der Waals surface area contributed by atoms with Gasteiger partial charge in [-0.2, -0.15) is 0 Å². The number of hydrogen-bond donors (Lipinski definition) is 1. The average molecular weight is 524 g/mol. The summed E-state index contributed by atoms with van der Waals surface area (Å²) in [6, 6.07) is 19.2. The maximum absolute atomic E-state index is 12.8. The largest absolute Gasteiger partial charge is 0.452 e. The van der Waals surface area contributed by atoms with Gasteiger partial charge in [0.25, 0.3) is 5.91 Å². The Labute approximate surface area is 213 Å². The number of para-hydroxylation sites is 2. The van der Waals surface area contributed by atoms with E-state index in [1.165, 1.54) is 11.3 Å². The van der Waals surface area contributed by atoms with E-state index < -0.39 is 18.5 Å². The lowest BCUT2D eigenvalue weighted by Crippen LogP contribution is -2.21. The van der Waals surface area contributed by atoms with Gasteiger partial charge in [-0.05, 0) is 36.4 Å². The fourth-order valence-electron chi connectivity index (χ4n) is 3.32. The quantitative estimate of drug-likeness (QED) is 0.248. The Kier molecular flexibility index (Phi) is 6.50. The number of carbonyl (C=O) groups excluding carboxylic acids is 2. The summed E-state index contributed by atoms with van der Waals surface area (Å²) in [4.78, 5) is 33.9. The third kappa shape index (κ3) is 5.05. The number of halogens is 2. The zero-order valence-corrected chi connectivity index (χ0v) is 20.2. The molecule has 0 aliphatic heterocycles. The van der Waals surface area contributed by atoms with Crippen molar-refractivity contribution in [1.82, 2.24) is 9.97 Å². The van der Waals surface area contributed by atoms with E-state index in [1.807, 2.05) is 18.2 Å². The second-order valence-corrected chi connectivity index (χ2v) is 9.00. The number of fused-ring (bicyclic) bond motifs is 1. The third-order valence-corrected chi connectivity index (χ3v) is 6.47. The van der Waals surface area contributed by atoms with Crippen molar-refractivity contribution < 1.29 is 18.7 Å². The van der Waals surface area contributed by atoms with Crippen LogP contribution >= 0.6 is 34.5 Å². The Morgan fingerprint density at radius 1 is 0.971 bits per heavy atom. The Morgan fingerprint density at radius 2 is 1.77 bits per heavy atom. The van der Waals surface area contributed by atoms with Crippen LogP contribution in [0.25, 0.3) is 33.8 Å². The van der Waals surface area contributed by atoms with E-state index in [9.17, 15) is 9.59 Å². The van der Waals surface area contributed by atoms with Crippen LogP contribution in [0.1, 0.15) is 10.4 Å².